The van der Waals surface area contributed by atoms with E-state index < -0.39 is 11.9 Å². The average molecular weight is 332 g/mol. The summed E-state index contributed by atoms with van der Waals surface area (Å²) < 4.78 is 21.2. The molecule has 1 saturated heterocycles. The second-order valence-corrected chi connectivity index (χ2v) is 5.86. The molecule has 2 heterocycles. The zero-order valence-corrected chi connectivity index (χ0v) is 13.5. The van der Waals surface area contributed by atoms with E-state index >= 15 is 0 Å². The molecule has 3 rings (SSSR count). The van der Waals surface area contributed by atoms with Gasteiger partial charge in [-0.25, -0.2) is 4.39 Å². The predicted octanol–water partition coefficient (Wildman–Crippen LogP) is 2.81. The van der Waals surface area contributed by atoms with Crippen LogP contribution in [-0.4, -0.2) is 34.9 Å². The normalized spacial score (nSPS) is 18.3. The van der Waals surface area contributed by atoms with Crippen LogP contribution in [0, 0.1) is 5.82 Å². The smallest absolute Gasteiger partial charge is 0.248 e. The van der Waals surface area contributed by atoms with E-state index in [-0.39, 0.29) is 12.0 Å². The second kappa shape index (κ2) is 7.44. The Hall–Kier alpha value is -2.41. The Labute approximate surface area is 140 Å². The molecule has 24 heavy (non-hydrogen) atoms. The molecule has 1 aliphatic rings. The van der Waals surface area contributed by atoms with Gasteiger partial charge in [-0.1, -0.05) is 0 Å². The van der Waals surface area contributed by atoms with Gasteiger partial charge in [-0.15, -0.1) is 0 Å². The summed E-state index contributed by atoms with van der Waals surface area (Å²) in [6.07, 6.45) is 5.50. The number of nitrogens with zero attached hydrogens (tertiary/aromatic N) is 2. The standard InChI is InChI=1S/C17H21FN4O2/c1-12(22-8-3-7-20-22)17(23)21-13-5-6-16(15(18)10-13)19-11-14-4-2-9-24-14/h3,5-8,10,12,14,19H,2,4,9,11H2,1H3,(H,21,23). The van der Waals surface area contributed by atoms with Crippen molar-refractivity contribution in [3.8, 4) is 0 Å². The largest absolute Gasteiger partial charge is 0.380 e. The highest BCUT2D eigenvalue weighted by Crippen LogP contribution is 2.21. The molecular weight excluding hydrogens is 311 g/mol. The zero-order chi connectivity index (χ0) is 16.9. The lowest BCUT2D eigenvalue weighted by atomic mass is 10.2. The Morgan fingerprint density at radius 2 is 2.42 bits per heavy atom. The first-order valence-electron chi connectivity index (χ1n) is 8.08. The van der Waals surface area contributed by atoms with Crippen molar-refractivity contribution < 1.29 is 13.9 Å². The number of carbonyl (C=O) groups excluding carboxylic acids is 1. The summed E-state index contributed by atoms with van der Waals surface area (Å²) in [6.45, 7) is 3.09. The minimum Gasteiger partial charge on any atom is -0.380 e. The topological polar surface area (TPSA) is 68.2 Å². The number of benzene rings is 1. The lowest BCUT2D eigenvalue weighted by Gasteiger charge is -2.15. The van der Waals surface area contributed by atoms with Gasteiger partial charge in [-0.05, 0) is 44.0 Å². The predicted molar refractivity (Wildman–Crippen MR) is 89.4 cm³/mol. The molecule has 0 saturated carbocycles. The summed E-state index contributed by atoms with van der Waals surface area (Å²) in [6, 6.07) is 5.89. The van der Waals surface area contributed by atoms with E-state index in [1.54, 1.807) is 42.2 Å². The van der Waals surface area contributed by atoms with Crippen LogP contribution in [0.4, 0.5) is 15.8 Å². The summed E-state index contributed by atoms with van der Waals surface area (Å²) in [5, 5.41) is 9.79. The third-order valence-electron chi connectivity index (χ3n) is 4.08. The number of anilines is 2. The number of rotatable bonds is 6. The summed E-state index contributed by atoms with van der Waals surface area (Å²) in [5.41, 5.74) is 0.822. The molecule has 2 N–H and O–H groups in total. The minimum atomic E-state index is -0.472. The van der Waals surface area contributed by atoms with Crippen LogP contribution in [0.1, 0.15) is 25.8 Å². The molecule has 1 fully saturated rings. The first kappa shape index (κ1) is 16.4. The van der Waals surface area contributed by atoms with Crippen LogP contribution in [0.5, 0.6) is 0 Å². The minimum absolute atomic E-state index is 0.138. The second-order valence-electron chi connectivity index (χ2n) is 5.86. The first-order chi connectivity index (χ1) is 11.6. The Morgan fingerprint density at radius 3 is 3.08 bits per heavy atom. The Balaban J connectivity index is 1.58. The van der Waals surface area contributed by atoms with E-state index in [2.05, 4.69) is 15.7 Å². The molecule has 0 spiro atoms. The average Bonchev–Trinajstić information content (AvgIpc) is 3.27. The van der Waals surface area contributed by atoms with Crippen LogP contribution in [-0.2, 0) is 9.53 Å². The maximum absolute atomic E-state index is 14.2. The Bertz CT molecular complexity index is 684. The van der Waals surface area contributed by atoms with Crippen molar-refractivity contribution in [1.29, 1.82) is 0 Å². The van der Waals surface area contributed by atoms with Gasteiger partial charge in [0.1, 0.15) is 11.9 Å². The quantitative estimate of drug-likeness (QED) is 0.853. The van der Waals surface area contributed by atoms with E-state index in [1.165, 1.54) is 6.07 Å². The van der Waals surface area contributed by atoms with E-state index in [9.17, 15) is 9.18 Å². The monoisotopic (exact) mass is 332 g/mol. The van der Waals surface area contributed by atoms with Gasteiger partial charge in [0.05, 0.1) is 11.8 Å². The fraction of sp³-hybridized carbons (Fsp3) is 0.412. The van der Waals surface area contributed by atoms with Crippen molar-refractivity contribution in [3.63, 3.8) is 0 Å². The number of hydrogen-bond donors (Lipinski definition) is 2. The van der Waals surface area contributed by atoms with Gasteiger partial charge in [0.15, 0.2) is 0 Å². The number of ether oxygens (including phenoxy) is 1. The Morgan fingerprint density at radius 1 is 1.54 bits per heavy atom. The summed E-state index contributed by atoms with van der Waals surface area (Å²) in [7, 11) is 0. The van der Waals surface area contributed by atoms with Crippen LogP contribution < -0.4 is 10.6 Å². The molecule has 1 aromatic carbocycles. The third kappa shape index (κ3) is 3.91. The lowest BCUT2D eigenvalue weighted by Crippen LogP contribution is -2.24. The molecule has 1 aliphatic heterocycles. The van der Waals surface area contributed by atoms with Gasteiger partial charge in [0, 0.05) is 31.2 Å². The van der Waals surface area contributed by atoms with Gasteiger partial charge in [-0.3, -0.25) is 9.48 Å². The van der Waals surface area contributed by atoms with Crippen molar-refractivity contribution >= 4 is 17.3 Å². The fourth-order valence-corrected chi connectivity index (χ4v) is 2.64. The van der Waals surface area contributed by atoms with Gasteiger partial charge < -0.3 is 15.4 Å². The van der Waals surface area contributed by atoms with Crippen molar-refractivity contribution in [2.75, 3.05) is 23.8 Å². The van der Waals surface area contributed by atoms with E-state index in [0.29, 0.717) is 17.9 Å². The molecule has 2 aromatic rings. The van der Waals surface area contributed by atoms with E-state index in [4.69, 9.17) is 4.74 Å². The van der Waals surface area contributed by atoms with Crippen LogP contribution in [0.2, 0.25) is 0 Å². The van der Waals surface area contributed by atoms with Gasteiger partial charge >= 0.3 is 0 Å². The number of carbonyl (C=O) groups is 1. The van der Waals surface area contributed by atoms with Crippen molar-refractivity contribution in [2.24, 2.45) is 0 Å². The molecular formula is C17H21FN4O2. The zero-order valence-electron chi connectivity index (χ0n) is 13.5. The fourth-order valence-electron chi connectivity index (χ4n) is 2.64. The van der Waals surface area contributed by atoms with Crippen molar-refractivity contribution in [2.45, 2.75) is 31.9 Å². The maximum atomic E-state index is 14.2. The highest BCUT2D eigenvalue weighted by atomic mass is 19.1. The number of nitrogens with one attached hydrogen (secondary N) is 2. The molecule has 6 nitrogen and oxygen atoms in total. The summed E-state index contributed by atoms with van der Waals surface area (Å²) >= 11 is 0. The Kier molecular flexibility index (Phi) is 5.10. The lowest BCUT2D eigenvalue weighted by molar-refractivity contribution is -0.119. The van der Waals surface area contributed by atoms with Crippen LogP contribution >= 0.6 is 0 Å². The van der Waals surface area contributed by atoms with Crippen molar-refractivity contribution in [3.05, 3.63) is 42.5 Å². The molecule has 128 valence electrons. The molecule has 1 aromatic heterocycles. The first-order valence-corrected chi connectivity index (χ1v) is 8.08. The third-order valence-corrected chi connectivity index (χ3v) is 4.08. The number of halogens is 1. The highest BCUT2D eigenvalue weighted by Gasteiger charge is 2.17. The molecule has 0 aliphatic carbocycles. The van der Waals surface area contributed by atoms with E-state index in [1.807, 2.05) is 0 Å². The number of amides is 1. The van der Waals surface area contributed by atoms with Crippen LogP contribution in [0.3, 0.4) is 0 Å². The molecule has 0 radical (unpaired) electrons. The molecule has 2 atom stereocenters. The van der Waals surface area contributed by atoms with E-state index in [0.717, 1.165) is 19.4 Å². The molecule has 1 amide bonds. The van der Waals surface area contributed by atoms with Gasteiger partial charge in [0.2, 0.25) is 5.91 Å². The molecule has 0 bridgehead atoms. The number of hydrogen-bond acceptors (Lipinski definition) is 4. The molecule has 7 heteroatoms. The van der Waals surface area contributed by atoms with Gasteiger partial charge in [0.25, 0.3) is 0 Å². The highest BCUT2D eigenvalue weighted by molar-refractivity contribution is 5.93. The summed E-state index contributed by atoms with van der Waals surface area (Å²) in [4.78, 5) is 12.2. The van der Waals surface area contributed by atoms with Gasteiger partial charge in [-0.2, -0.15) is 5.10 Å². The maximum Gasteiger partial charge on any atom is 0.248 e. The molecule has 2 unspecified atom stereocenters. The summed E-state index contributed by atoms with van der Waals surface area (Å²) in [5.74, 6) is -0.657. The van der Waals surface area contributed by atoms with Crippen LogP contribution in [0.15, 0.2) is 36.7 Å². The SMILES string of the molecule is CC(C(=O)Nc1ccc(NCC2CCCO2)c(F)c1)n1cccn1. The van der Waals surface area contributed by atoms with Crippen LogP contribution in [0.25, 0.3) is 0 Å². The van der Waals surface area contributed by atoms with Crippen molar-refractivity contribution in [1.82, 2.24) is 9.78 Å². The number of aromatic nitrogens is 2.